The average Bonchev–Trinajstić information content (AvgIpc) is 2.65. The van der Waals surface area contributed by atoms with Crippen LogP contribution in [0, 0.1) is 13.8 Å². The SMILES string of the molecule is CCc1cc(N2CCN(CCC(C)(C)c3cc(Cl)nc(C)n3)CC2)nc(C)n1. The van der Waals surface area contributed by atoms with E-state index in [0.29, 0.717) is 5.15 Å². The zero-order valence-corrected chi connectivity index (χ0v) is 18.4. The highest BCUT2D eigenvalue weighted by atomic mass is 35.5. The fourth-order valence-electron chi connectivity index (χ4n) is 3.60. The van der Waals surface area contributed by atoms with Gasteiger partial charge in [-0.25, -0.2) is 19.9 Å². The van der Waals surface area contributed by atoms with E-state index in [1.54, 1.807) is 0 Å². The van der Waals surface area contributed by atoms with Gasteiger partial charge in [0.25, 0.3) is 0 Å². The minimum absolute atomic E-state index is 0.0335. The van der Waals surface area contributed by atoms with Crippen LogP contribution in [0.3, 0.4) is 0 Å². The molecule has 28 heavy (non-hydrogen) atoms. The first kappa shape index (κ1) is 20.9. The molecule has 1 aliphatic rings. The molecular formula is C21H31ClN6. The number of rotatable bonds is 6. The van der Waals surface area contributed by atoms with Crippen molar-refractivity contribution in [3.8, 4) is 0 Å². The van der Waals surface area contributed by atoms with Gasteiger partial charge in [-0.05, 0) is 39.3 Å². The van der Waals surface area contributed by atoms with Crippen molar-refractivity contribution < 1.29 is 0 Å². The van der Waals surface area contributed by atoms with Gasteiger partial charge < -0.3 is 4.90 Å². The molecule has 0 saturated carbocycles. The quantitative estimate of drug-likeness (QED) is 0.688. The minimum atomic E-state index is -0.0335. The lowest BCUT2D eigenvalue weighted by Crippen LogP contribution is -2.47. The van der Waals surface area contributed by atoms with Crippen LogP contribution in [0.2, 0.25) is 5.15 Å². The molecule has 0 spiro atoms. The molecule has 3 rings (SSSR count). The number of halogens is 1. The van der Waals surface area contributed by atoms with E-state index >= 15 is 0 Å². The van der Waals surface area contributed by atoms with E-state index in [9.17, 15) is 0 Å². The fraction of sp³-hybridized carbons (Fsp3) is 0.619. The van der Waals surface area contributed by atoms with Gasteiger partial charge in [-0.3, -0.25) is 4.90 Å². The number of aryl methyl sites for hydroxylation is 3. The maximum absolute atomic E-state index is 6.13. The molecule has 0 aliphatic carbocycles. The van der Waals surface area contributed by atoms with Crippen LogP contribution in [-0.2, 0) is 11.8 Å². The van der Waals surface area contributed by atoms with Crippen LogP contribution >= 0.6 is 11.6 Å². The third-order valence-corrected chi connectivity index (χ3v) is 5.68. The van der Waals surface area contributed by atoms with Crippen LogP contribution < -0.4 is 4.90 Å². The van der Waals surface area contributed by atoms with E-state index in [4.69, 9.17) is 11.6 Å². The molecule has 0 unspecified atom stereocenters. The molecule has 1 saturated heterocycles. The van der Waals surface area contributed by atoms with Crippen molar-refractivity contribution in [3.05, 3.63) is 40.3 Å². The Hall–Kier alpha value is -1.79. The largest absolute Gasteiger partial charge is 0.354 e. The predicted octanol–water partition coefficient (Wildman–Crippen LogP) is 3.59. The molecule has 3 heterocycles. The molecule has 152 valence electrons. The van der Waals surface area contributed by atoms with Gasteiger partial charge in [-0.2, -0.15) is 0 Å². The summed E-state index contributed by atoms with van der Waals surface area (Å²) >= 11 is 6.13. The first-order valence-electron chi connectivity index (χ1n) is 10.1. The molecule has 2 aromatic rings. The number of anilines is 1. The van der Waals surface area contributed by atoms with Crippen molar-refractivity contribution in [3.63, 3.8) is 0 Å². The molecular weight excluding hydrogens is 372 g/mol. The van der Waals surface area contributed by atoms with Gasteiger partial charge in [0.1, 0.15) is 22.6 Å². The zero-order chi connectivity index (χ0) is 20.3. The minimum Gasteiger partial charge on any atom is -0.354 e. The lowest BCUT2D eigenvalue weighted by molar-refractivity contribution is 0.233. The number of piperazine rings is 1. The van der Waals surface area contributed by atoms with Crippen LogP contribution in [0.4, 0.5) is 5.82 Å². The van der Waals surface area contributed by atoms with Crippen molar-refractivity contribution in [2.45, 2.75) is 52.9 Å². The van der Waals surface area contributed by atoms with E-state index < -0.39 is 0 Å². The predicted molar refractivity (Wildman–Crippen MR) is 114 cm³/mol. The standard InChI is InChI=1S/C21H31ClN6/c1-6-17-13-20(26-15(2)23-17)28-11-9-27(10-12-28)8-7-21(4,5)18-14-19(22)25-16(3)24-18/h13-14H,6-12H2,1-5H3. The highest BCUT2D eigenvalue weighted by molar-refractivity contribution is 6.29. The molecule has 2 aromatic heterocycles. The van der Waals surface area contributed by atoms with E-state index in [1.807, 2.05) is 19.9 Å². The van der Waals surface area contributed by atoms with E-state index in [1.165, 1.54) is 0 Å². The van der Waals surface area contributed by atoms with E-state index in [0.717, 1.165) is 74.4 Å². The lowest BCUT2D eigenvalue weighted by atomic mass is 9.85. The summed E-state index contributed by atoms with van der Waals surface area (Å²) in [6.07, 6.45) is 1.98. The van der Waals surface area contributed by atoms with Crippen LogP contribution in [0.25, 0.3) is 0 Å². The molecule has 0 radical (unpaired) electrons. The summed E-state index contributed by atoms with van der Waals surface area (Å²) in [4.78, 5) is 22.8. The van der Waals surface area contributed by atoms with Gasteiger partial charge in [0.05, 0.1) is 5.69 Å². The number of aromatic nitrogens is 4. The second-order valence-corrected chi connectivity index (χ2v) is 8.59. The first-order chi connectivity index (χ1) is 13.3. The van der Waals surface area contributed by atoms with Crippen molar-refractivity contribution in [1.82, 2.24) is 24.8 Å². The Morgan fingerprint density at radius 1 is 0.964 bits per heavy atom. The molecule has 6 nitrogen and oxygen atoms in total. The van der Waals surface area contributed by atoms with Crippen LogP contribution in [0.15, 0.2) is 12.1 Å². The Bertz CT molecular complexity index is 794. The topological polar surface area (TPSA) is 58.0 Å². The Kier molecular flexibility index (Phi) is 6.50. The molecule has 0 amide bonds. The normalized spacial score (nSPS) is 15.9. The number of hydrogen-bond acceptors (Lipinski definition) is 6. The number of nitrogens with zero attached hydrogens (tertiary/aromatic N) is 6. The molecule has 1 aliphatic heterocycles. The third kappa shape index (κ3) is 5.17. The molecule has 0 N–H and O–H groups in total. The maximum Gasteiger partial charge on any atom is 0.133 e. The average molecular weight is 403 g/mol. The molecule has 0 bridgehead atoms. The fourth-order valence-corrected chi connectivity index (χ4v) is 3.83. The Morgan fingerprint density at radius 2 is 1.64 bits per heavy atom. The Morgan fingerprint density at radius 3 is 2.29 bits per heavy atom. The summed E-state index contributed by atoms with van der Waals surface area (Å²) in [5.74, 6) is 2.66. The van der Waals surface area contributed by atoms with E-state index in [-0.39, 0.29) is 5.41 Å². The van der Waals surface area contributed by atoms with Crippen molar-refractivity contribution in [2.75, 3.05) is 37.6 Å². The Labute approximate surface area is 173 Å². The summed E-state index contributed by atoms with van der Waals surface area (Å²) in [5.41, 5.74) is 2.10. The third-order valence-electron chi connectivity index (χ3n) is 5.49. The van der Waals surface area contributed by atoms with Crippen LogP contribution in [0.5, 0.6) is 0 Å². The Balaban J connectivity index is 1.56. The van der Waals surface area contributed by atoms with Gasteiger partial charge in [-0.1, -0.05) is 32.4 Å². The second kappa shape index (κ2) is 8.70. The highest BCUT2D eigenvalue weighted by Gasteiger charge is 2.26. The van der Waals surface area contributed by atoms with Crippen molar-refractivity contribution in [2.24, 2.45) is 0 Å². The second-order valence-electron chi connectivity index (χ2n) is 8.20. The zero-order valence-electron chi connectivity index (χ0n) is 17.7. The van der Waals surface area contributed by atoms with Crippen LogP contribution in [-0.4, -0.2) is 57.6 Å². The maximum atomic E-state index is 6.13. The van der Waals surface area contributed by atoms with Crippen LogP contribution in [0.1, 0.15) is 50.2 Å². The summed E-state index contributed by atoms with van der Waals surface area (Å²) in [6, 6.07) is 4.03. The monoisotopic (exact) mass is 402 g/mol. The van der Waals surface area contributed by atoms with Crippen molar-refractivity contribution in [1.29, 1.82) is 0 Å². The number of hydrogen-bond donors (Lipinski definition) is 0. The summed E-state index contributed by atoms with van der Waals surface area (Å²) in [6.45, 7) is 15.6. The summed E-state index contributed by atoms with van der Waals surface area (Å²) in [5, 5.41) is 0.524. The highest BCUT2D eigenvalue weighted by Crippen LogP contribution is 2.27. The smallest absolute Gasteiger partial charge is 0.133 e. The molecule has 1 fully saturated rings. The molecule has 0 atom stereocenters. The molecule has 7 heteroatoms. The summed E-state index contributed by atoms with van der Waals surface area (Å²) in [7, 11) is 0. The van der Waals surface area contributed by atoms with Gasteiger partial charge >= 0.3 is 0 Å². The van der Waals surface area contributed by atoms with Gasteiger partial charge in [0, 0.05) is 43.4 Å². The van der Waals surface area contributed by atoms with Crippen molar-refractivity contribution >= 4 is 17.4 Å². The first-order valence-corrected chi connectivity index (χ1v) is 10.5. The lowest BCUT2D eigenvalue weighted by Gasteiger charge is -2.37. The van der Waals surface area contributed by atoms with Gasteiger partial charge in [0.2, 0.25) is 0 Å². The van der Waals surface area contributed by atoms with E-state index in [2.05, 4.69) is 56.6 Å². The van der Waals surface area contributed by atoms with Gasteiger partial charge in [-0.15, -0.1) is 0 Å². The molecule has 0 aromatic carbocycles. The van der Waals surface area contributed by atoms with Gasteiger partial charge in [0.15, 0.2) is 0 Å². The summed E-state index contributed by atoms with van der Waals surface area (Å²) < 4.78 is 0.